The van der Waals surface area contributed by atoms with Crippen molar-refractivity contribution in [1.29, 1.82) is 0 Å². The molecule has 1 amide bonds. The molecule has 0 fully saturated rings. The van der Waals surface area contributed by atoms with Crippen LogP contribution in [-0.4, -0.2) is 19.3 Å². The molecule has 8 heteroatoms. The molecule has 3 heterocycles. The maximum absolute atomic E-state index is 12.6. The molecule has 0 aromatic carbocycles. The van der Waals surface area contributed by atoms with Crippen molar-refractivity contribution < 1.29 is 13.2 Å². The average molecular weight is 307 g/mol. The van der Waals surface area contributed by atoms with Gasteiger partial charge in [0.25, 0.3) is 15.9 Å². The van der Waals surface area contributed by atoms with Crippen molar-refractivity contribution in [3.8, 4) is 0 Å². The zero-order valence-electron chi connectivity index (χ0n) is 10.1. The third-order valence-electron chi connectivity index (χ3n) is 2.77. The number of fused-ring (bicyclic) bond motifs is 1. The number of rotatable bonds is 2. The van der Waals surface area contributed by atoms with E-state index in [1.54, 1.807) is 17.5 Å². The van der Waals surface area contributed by atoms with Gasteiger partial charge in [0.1, 0.15) is 16.4 Å². The van der Waals surface area contributed by atoms with E-state index in [0.29, 0.717) is 4.88 Å². The van der Waals surface area contributed by atoms with Crippen molar-refractivity contribution in [2.45, 2.75) is 4.90 Å². The number of carbonyl (C=O) groups is 1. The second-order valence-electron chi connectivity index (χ2n) is 4.00. The predicted molar refractivity (Wildman–Crippen MR) is 75.4 cm³/mol. The summed E-state index contributed by atoms with van der Waals surface area (Å²) in [5.41, 5.74) is 5.19. The van der Waals surface area contributed by atoms with Crippen LogP contribution in [0.4, 0.5) is 5.82 Å². The first-order valence-electron chi connectivity index (χ1n) is 5.57. The molecule has 2 aromatic heterocycles. The lowest BCUT2D eigenvalue weighted by Crippen LogP contribution is -2.38. The van der Waals surface area contributed by atoms with Gasteiger partial charge >= 0.3 is 0 Å². The number of sulfonamides is 1. The van der Waals surface area contributed by atoms with E-state index in [2.05, 4.69) is 4.98 Å². The van der Waals surface area contributed by atoms with Crippen LogP contribution >= 0.6 is 11.3 Å². The first-order chi connectivity index (χ1) is 9.51. The highest BCUT2D eigenvalue weighted by Gasteiger charge is 2.37. The number of hydrogen-bond donors (Lipinski definition) is 1. The minimum absolute atomic E-state index is 0.112. The molecule has 0 saturated carbocycles. The van der Waals surface area contributed by atoms with Gasteiger partial charge in [0.05, 0.1) is 0 Å². The lowest BCUT2D eigenvalue weighted by Gasteiger charge is -2.27. The summed E-state index contributed by atoms with van der Waals surface area (Å²) in [6, 6.07) is 6.30. The van der Waals surface area contributed by atoms with Gasteiger partial charge in [-0.05, 0) is 29.7 Å². The van der Waals surface area contributed by atoms with Crippen LogP contribution in [0, 0.1) is 0 Å². The Morgan fingerprint density at radius 2 is 2.10 bits per heavy atom. The van der Waals surface area contributed by atoms with E-state index in [9.17, 15) is 13.2 Å². The number of aromatic nitrogens is 1. The number of primary amides is 1. The van der Waals surface area contributed by atoms with Crippen LogP contribution in [0.3, 0.4) is 0 Å². The standard InChI is InChI=1S/C12H9N3O3S2/c13-12(16)8-7-9-10(4-6-19-9)20(17,18)15(8)11-3-1-2-5-14-11/h1-7H,(H2,13,16). The summed E-state index contributed by atoms with van der Waals surface area (Å²) in [5.74, 6) is -0.687. The summed E-state index contributed by atoms with van der Waals surface area (Å²) >= 11 is 1.24. The highest BCUT2D eigenvalue weighted by atomic mass is 32.2. The largest absolute Gasteiger partial charge is 0.364 e. The number of nitrogens with two attached hydrogens (primary N) is 1. The van der Waals surface area contributed by atoms with E-state index in [1.165, 1.54) is 35.7 Å². The van der Waals surface area contributed by atoms with Crippen LogP contribution in [-0.2, 0) is 14.8 Å². The molecular weight excluding hydrogens is 298 g/mol. The van der Waals surface area contributed by atoms with E-state index in [4.69, 9.17) is 5.73 Å². The van der Waals surface area contributed by atoms with Gasteiger partial charge in [0, 0.05) is 11.1 Å². The molecule has 2 N–H and O–H groups in total. The summed E-state index contributed by atoms with van der Waals surface area (Å²) < 4.78 is 26.1. The SMILES string of the molecule is NC(=O)C1=Cc2sccc2S(=O)(=O)N1c1ccccn1. The zero-order valence-corrected chi connectivity index (χ0v) is 11.7. The molecule has 0 bridgehead atoms. The minimum atomic E-state index is -3.87. The molecule has 6 nitrogen and oxygen atoms in total. The normalized spacial score (nSPS) is 16.4. The lowest BCUT2D eigenvalue weighted by molar-refractivity contribution is -0.114. The van der Waals surface area contributed by atoms with E-state index in [0.717, 1.165) is 4.31 Å². The Balaban J connectivity index is 2.29. The fourth-order valence-corrected chi connectivity index (χ4v) is 4.70. The number of amides is 1. The second kappa shape index (κ2) is 4.43. The van der Waals surface area contributed by atoms with Gasteiger partial charge in [-0.1, -0.05) is 6.07 Å². The molecule has 0 radical (unpaired) electrons. The van der Waals surface area contributed by atoms with Crippen molar-refractivity contribution in [3.63, 3.8) is 0 Å². The van der Waals surface area contributed by atoms with E-state index in [1.807, 2.05) is 0 Å². The molecule has 3 rings (SSSR count). The Hall–Kier alpha value is -2.19. The number of hydrogen-bond acceptors (Lipinski definition) is 5. The Morgan fingerprint density at radius 1 is 1.30 bits per heavy atom. The number of nitrogens with zero attached hydrogens (tertiary/aromatic N) is 2. The van der Waals surface area contributed by atoms with E-state index in [-0.39, 0.29) is 16.4 Å². The summed E-state index contributed by atoms with van der Waals surface area (Å²) in [5, 5.41) is 1.65. The van der Waals surface area contributed by atoms with E-state index >= 15 is 0 Å². The molecule has 1 aliphatic rings. The molecule has 0 unspecified atom stereocenters. The van der Waals surface area contributed by atoms with E-state index < -0.39 is 15.9 Å². The van der Waals surface area contributed by atoms with Gasteiger partial charge in [-0.2, -0.15) is 0 Å². The van der Waals surface area contributed by atoms with Gasteiger partial charge in [0.15, 0.2) is 0 Å². The summed E-state index contributed by atoms with van der Waals surface area (Å²) in [7, 11) is -3.87. The average Bonchev–Trinajstić information content (AvgIpc) is 2.88. The maximum atomic E-state index is 12.6. The Kier molecular flexibility index (Phi) is 2.84. The molecule has 2 aromatic rings. The highest BCUT2D eigenvalue weighted by molar-refractivity contribution is 7.93. The lowest BCUT2D eigenvalue weighted by atomic mass is 10.3. The highest BCUT2D eigenvalue weighted by Crippen LogP contribution is 2.36. The molecule has 20 heavy (non-hydrogen) atoms. The third-order valence-corrected chi connectivity index (χ3v) is 5.54. The summed E-state index contributed by atoms with van der Waals surface area (Å²) in [4.78, 5) is 16.2. The van der Waals surface area contributed by atoms with Gasteiger partial charge in [-0.15, -0.1) is 11.3 Å². The van der Waals surface area contributed by atoms with Crippen LogP contribution in [0.15, 0.2) is 46.4 Å². The fourth-order valence-electron chi connectivity index (χ4n) is 1.93. The molecule has 102 valence electrons. The number of carbonyl (C=O) groups excluding carboxylic acids is 1. The fraction of sp³-hybridized carbons (Fsp3) is 0. The monoisotopic (exact) mass is 307 g/mol. The van der Waals surface area contributed by atoms with Crippen LogP contribution in [0.25, 0.3) is 6.08 Å². The van der Waals surface area contributed by atoms with Crippen LogP contribution < -0.4 is 10.0 Å². The summed E-state index contributed by atoms with van der Waals surface area (Å²) in [6.07, 6.45) is 2.92. The predicted octanol–water partition coefficient (Wildman–Crippen LogP) is 1.18. The summed E-state index contributed by atoms with van der Waals surface area (Å²) in [6.45, 7) is 0. The van der Waals surface area contributed by atoms with Crippen LogP contribution in [0.1, 0.15) is 4.88 Å². The molecule has 1 aliphatic heterocycles. The van der Waals surface area contributed by atoms with Crippen LogP contribution in [0.2, 0.25) is 0 Å². The third kappa shape index (κ3) is 1.81. The molecular formula is C12H9N3O3S2. The topological polar surface area (TPSA) is 93.4 Å². The molecule has 0 saturated heterocycles. The van der Waals surface area contributed by atoms with Crippen molar-refractivity contribution in [2.24, 2.45) is 5.73 Å². The van der Waals surface area contributed by atoms with Gasteiger partial charge in [0.2, 0.25) is 0 Å². The number of pyridine rings is 1. The first kappa shape index (κ1) is 12.8. The smallest absolute Gasteiger partial charge is 0.271 e. The first-order valence-corrected chi connectivity index (χ1v) is 7.89. The number of anilines is 1. The van der Waals surface area contributed by atoms with Crippen molar-refractivity contribution in [2.75, 3.05) is 4.31 Å². The Bertz CT molecular complexity index is 809. The van der Waals surface area contributed by atoms with Crippen LogP contribution in [0.5, 0.6) is 0 Å². The van der Waals surface area contributed by atoms with Gasteiger partial charge < -0.3 is 5.73 Å². The van der Waals surface area contributed by atoms with Crippen molar-refractivity contribution in [1.82, 2.24) is 4.98 Å². The van der Waals surface area contributed by atoms with Gasteiger partial charge in [-0.25, -0.2) is 17.7 Å². The minimum Gasteiger partial charge on any atom is -0.364 e. The molecule has 0 atom stereocenters. The number of thiophene rings is 1. The zero-order chi connectivity index (χ0) is 14.3. The van der Waals surface area contributed by atoms with Gasteiger partial charge in [-0.3, -0.25) is 4.79 Å². The van der Waals surface area contributed by atoms with Crippen molar-refractivity contribution in [3.05, 3.63) is 46.4 Å². The molecule has 0 spiro atoms. The van der Waals surface area contributed by atoms with Crippen molar-refractivity contribution >= 4 is 39.2 Å². The Labute approximate surface area is 119 Å². The maximum Gasteiger partial charge on any atom is 0.271 e. The quantitative estimate of drug-likeness (QED) is 0.901. The molecule has 0 aliphatic carbocycles. The Morgan fingerprint density at radius 3 is 2.75 bits per heavy atom. The second-order valence-corrected chi connectivity index (χ2v) is 6.70.